The molecule has 2 rings (SSSR count). The molecule has 0 aliphatic carbocycles. The Morgan fingerprint density at radius 1 is 1.19 bits per heavy atom. The predicted molar refractivity (Wildman–Crippen MR) is 64.8 cm³/mol. The summed E-state index contributed by atoms with van der Waals surface area (Å²) >= 11 is 0. The summed E-state index contributed by atoms with van der Waals surface area (Å²) in [4.78, 5) is 3.99. The van der Waals surface area contributed by atoms with Crippen molar-refractivity contribution in [3.05, 3.63) is 48.3 Å². The van der Waals surface area contributed by atoms with Crippen LogP contribution in [0.3, 0.4) is 0 Å². The van der Waals surface area contributed by atoms with Crippen LogP contribution in [0.2, 0.25) is 0 Å². The number of hydrogen-bond acceptors (Lipinski definition) is 3. The lowest BCUT2D eigenvalue weighted by atomic mass is 10.00. The van der Waals surface area contributed by atoms with Crippen LogP contribution in [0, 0.1) is 0 Å². The number of benzene rings is 1. The first-order valence-electron chi connectivity index (χ1n) is 5.09. The van der Waals surface area contributed by atoms with Crippen molar-refractivity contribution in [2.45, 2.75) is 6.61 Å². The molecule has 0 fully saturated rings. The fourth-order valence-electron chi connectivity index (χ4n) is 1.72. The van der Waals surface area contributed by atoms with E-state index in [4.69, 9.17) is 10.5 Å². The third-order valence-corrected chi connectivity index (χ3v) is 2.46. The molecule has 0 atom stereocenters. The van der Waals surface area contributed by atoms with Gasteiger partial charge < -0.3 is 10.5 Å². The van der Waals surface area contributed by atoms with Gasteiger partial charge in [-0.25, -0.2) is 0 Å². The second kappa shape index (κ2) is 4.77. The van der Waals surface area contributed by atoms with Crippen molar-refractivity contribution < 1.29 is 4.74 Å². The highest BCUT2D eigenvalue weighted by atomic mass is 16.5. The van der Waals surface area contributed by atoms with E-state index in [2.05, 4.69) is 4.98 Å². The summed E-state index contributed by atoms with van der Waals surface area (Å²) in [5.74, 6) is 0. The molecule has 16 heavy (non-hydrogen) atoms. The Balaban J connectivity index is 2.51. The molecule has 0 aliphatic rings. The second-order valence-electron chi connectivity index (χ2n) is 3.55. The molecule has 2 N–H and O–H groups in total. The van der Waals surface area contributed by atoms with E-state index in [-0.39, 0.29) is 0 Å². The van der Waals surface area contributed by atoms with Gasteiger partial charge in [0.15, 0.2) is 0 Å². The van der Waals surface area contributed by atoms with Gasteiger partial charge in [0.1, 0.15) is 0 Å². The van der Waals surface area contributed by atoms with Crippen LogP contribution in [0.1, 0.15) is 5.56 Å². The van der Waals surface area contributed by atoms with E-state index in [1.54, 1.807) is 19.5 Å². The summed E-state index contributed by atoms with van der Waals surface area (Å²) in [5.41, 5.74) is 9.83. The van der Waals surface area contributed by atoms with E-state index in [9.17, 15) is 0 Å². The molecule has 0 unspecified atom stereocenters. The van der Waals surface area contributed by atoms with Gasteiger partial charge in [0.25, 0.3) is 0 Å². The summed E-state index contributed by atoms with van der Waals surface area (Å²) in [5, 5.41) is 0. The lowest BCUT2D eigenvalue weighted by Crippen LogP contribution is -1.95. The third kappa shape index (κ3) is 2.04. The molecule has 1 heterocycles. The average molecular weight is 214 g/mol. The second-order valence-corrected chi connectivity index (χ2v) is 3.55. The first kappa shape index (κ1) is 10.6. The van der Waals surface area contributed by atoms with Gasteiger partial charge in [0.2, 0.25) is 0 Å². The number of aromatic nitrogens is 1. The maximum atomic E-state index is 5.91. The van der Waals surface area contributed by atoms with Crippen LogP contribution < -0.4 is 5.73 Å². The highest BCUT2D eigenvalue weighted by Gasteiger charge is 2.06. The number of ether oxygens (including phenoxy) is 1. The Morgan fingerprint density at radius 2 is 2.00 bits per heavy atom. The van der Waals surface area contributed by atoms with Crippen molar-refractivity contribution in [3.63, 3.8) is 0 Å². The zero-order valence-corrected chi connectivity index (χ0v) is 9.18. The number of methoxy groups -OCH3 is 1. The fraction of sp³-hybridized carbons (Fsp3) is 0.154. The summed E-state index contributed by atoms with van der Waals surface area (Å²) in [7, 11) is 1.69. The van der Waals surface area contributed by atoms with E-state index >= 15 is 0 Å². The Hall–Kier alpha value is -1.87. The molecule has 3 heteroatoms. The molecular weight excluding hydrogens is 200 g/mol. The minimum atomic E-state index is 0.581. The van der Waals surface area contributed by atoms with Crippen molar-refractivity contribution in [1.82, 2.24) is 4.98 Å². The van der Waals surface area contributed by atoms with E-state index in [1.807, 2.05) is 30.3 Å². The van der Waals surface area contributed by atoms with Crippen LogP contribution in [-0.2, 0) is 11.3 Å². The van der Waals surface area contributed by atoms with Gasteiger partial charge in [-0.3, -0.25) is 4.98 Å². The number of rotatable bonds is 3. The van der Waals surface area contributed by atoms with Gasteiger partial charge in [-0.15, -0.1) is 0 Å². The van der Waals surface area contributed by atoms with Crippen LogP contribution in [0.25, 0.3) is 11.1 Å². The molecule has 3 nitrogen and oxygen atoms in total. The number of pyridine rings is 1. The molecule has 2 aromatic rings. The van der Waals surface area contributed by atoms with Crippen LogP contribution >= 0.6 is 0 Å². The zero-order chi connectivity index (χ0) is 11.4. The summed E-state index contributed by atoms with van der Waals surface area (Å²) in [6, 6.07) is 9.99. The van der Waals surface area contributed by atoms with E-state index in [0.29, 0.717) is 12.3 Å². The van der Waals surface area contributed by atoms with Gasteiger partial charge in [-0.1, -0.05) is 24.3 Å². The lowest BCUT2D eigenvalue weighted by molar-refractivity contribution is 0.185. The minimum Gasteiger partial charge on any atom is -0.397 e. The zero-order valence-electron chi connectivity index (χ0n) is 9.18. The standard InChI is InChI=1S/C13H14N2O/c1-16-9-10-4-2-3-5-11(10)12-6-7-15-8-13(12)14/h2-8H,9,14H2,1H3. The Kier molecular flexibility index (Phi) is 3.17. The van der Waals surface area contributed by atoms with Crippen LogP contribution in [0.4, 0.5) is 5.69 Å². The Labute approximate surface area is 94.9 Å². The summed E-state index contributed by atoms with van der Waals surface area (Å²) in [6.07, 6.45) is 3.41. The molecule has 0 radical (unpaired) electrons. The highest BCUT2D eigenvalue weighted by Crippen LogP contribution is 2.28. The third-order valence-electron chi connectivity index (χ3n) is 2.46. The van der Waals surface area contributed by atoms with Crippen molar-refractivity contribution >= 4 is 5.69 Å². The number of nitrogen functional groups attached to an aromatic ring is 1. The van der Waals surface area contributed by atoms with Crippen molar-refractivity contribution in [2.24, 2.45) is 0 Å². The first-order chi connectivity index (χ1) is 7.83. The molecule has 1 aromatic carbocycles. The molecule has 0 aliphatic heterocycles. The molecule has 0 amide bonds. The van der Waals surface area contributed by atoms with Crippen LogP contribution in [0.15, 0.2) is 42.7 Å². The maximum absolute atomic E-state index is 5.91. The largest absolute Gasteiger partial charge is 0.397 e. The molecule has 1 aromatic heterocycles. The molecular formula is C13H14N2O. The highest BCUT2D eigenvalue weighted by molar-refractivity contribution is 5.77. The lowest BCUT2D eigenvalue weighted by Gasteiger charge is -2.10. The Bertz CT molecular complexity index is 483. The SMILES string of the molecule is COCc1ccccc1-c1ccncc1N. The predicted octanol–water partition coefficient (Wildman–Crippen LogP) is 2.48. The number of nitrogens with zero attached hydrogens (tertiary/aromatic N) is 1. The van der Waals surface area contributed by atoms with Gasteiger partial charge in [0, 0.05) is 18.9 Å². The van der Waals surface area contributed by atoms with Crippen molar-refractivity contribution in [1.29, 1.82) is 0 Å². The normalized spacial score (nSPS) is 10.3. The van der Waals surface area contributed by atoms with Crippen molar-refractivity contribution in [3.8, 4) is 11.1 Å². The molecule has 82 valence electrons. The molecule has 0 saturated heterocycles. The first-order valence-corrected chi connectivity index (χ1v) is 5.09. The van der Waals surface area contributed by atoms with Crippen LogP contribution in [0.5, 0.6) is 0 Å². The number of nitrogens with two attached hydrogens (primary N) is 1. The smallest absolute Gasteiger partial charge is 0.0719 e. The quantitative estimate of drug-likeness (QED) is 0.853. The number of anilines is 1. The monoisotopic (exact) mass is 214 g/mol. The summed E-state index contributed by atoms with van der Waals surface area (Å²) < 4.78 is 5.17. The van der Waals surface area contributed by atoms with E-state index in [0.717, 1.165) is 16.7 Å². The van der Waals surface area contributed by atoms with Crippen LogP contribution in [-0.4, -0.2) is 12.1 Å². The maximum Gasteiger partial charge on any atom is 0.0719 e. The van der Waals surface area contributed by atoms with Gasteiger partial charge >= 0.3 is 0 Å². The topological polar surface area (TPSA) is 48.1 Å². The van der Waals surface area contributed by atoms with E-state index < -0.39 is 0 Å². The number of hydrogen-bond donors (Lipinski definition) is 1. The van der Waals surface area contributed by atoms with Crippen molar-refractivity contribution in [2.75, 3.05) is 12.8 Å². The molecule has 0 saturated carbocycles. The minimum absolute atomic E-state index is 0.581. The van der Waals surface area contributed by atoms with E-state index in [1.165, 1.54) is 0 Å². The fourth-order valence-corrected chi connectivity index (χ4v) is 1.72. The Morgan fingerprint density at radius 3 is 2.75 bits per heavy atom. The molecule has 0 spiro atoms. The van der Waals surface area contributed by atoms with Gasteiger partial charge in [0.05, 0.1) is 18.5 Å². The van der Waals surface area contributed by atoms with Gasteiger partial charge in [-0.05, 0) is 17.2 Å². The molecule has 0 bridgehead atoms. The average Bonchev–Trinajstić information content (AvgIpc) is 2.31. The summed E-state index contributed by atoms with van der Waals surface area (Å²) in [6.45, 7) is 0.581. The van der Waals surface area contributed by atoms with Gasteiger partial charge in [-0.2, -0.15) is 0 Å².